The number of alkyl halides is 6. The van der Waals surface area contributed by atoms with Gasteiger partial charge in [0.15, 0.2) is 0 Å². The summed E-state index contributed by atoms with van der Waals surface area (Å²) in [7, 11) is 1.84. The number of nitrogens with one attached hydrogen (secondary N) is 2. The quantitative estimate of drug-likeness (QED) is 0.534. The van der Waals surface area contributed by atoms with E-state index in [-0.39, 0.29) is 6.07 Å². The lowest BCUT2D eigenvalue weighted by Gasteiger charge is -2.20. The Kier molecular flexibility index (Phi) is 4.96. The summed E-state index contributed by atoms with van der Waals surface area (Å²) in [6, 6.07) is 4.75. The zero-order chi connectivity index (χ0) is 23.5. The van der Waals surface area contributed by atoms with Crippen molar-refractivity contribution < 1.29 is 31.1 Å². The number of fused-ring (bicyclic) bond motifs is 1. The van der Waals surface area contributed by atoms with Crippen LogP contribution < -0.4 is 10.9 Å². The third-order valence-electron chi connectivity index (χ3n) is 6.28. The summed E-state index contributed by atoms with van der Waals surface area (Å²) < 4.78 is 78.4. The monoisotopic (exact) mass is 458 g/mol. The molecule has 2 aliphatic rings. The van der Waals surface area contributed by atoms with Gasteiger partial charge in [-0.15, -0.1) is 0 Å². The van der Waals surface area contributed by atoms with Crippen molar-refractivity contribution in [1.82, 2.24) is 15.3 Å². The number of halogens is 6. The maximum absolute atomic E-state index is 13.1. The number of likely N-dealkylation sites (N-methyl/N-ethyl adjacent to an activating group) is 1. The number of carbonyl (C=O) groups excluding carboxylic acids is 1. The standard InChI is InChI=1S/C21H20F6N4O/c1-12-4-3-5-28-16(12)18-9-19(18,11-31(2)10-18)17(32)30-29-15-7-13(20(22,23)24)6-14(8-15)21(25,26)27/h3-8,29H,9-11H2,1-2H3,(H,30,32)/t18-,19+/m1/s1. The molecule has 2 fully saturated rings. The zero-order valence-electron chi connectivity index (χ0n) is 17.2. The number of nitrogens with zero attached hydrogens (tertiary/aromatic N) is 2. The van der Waals surface area contributed by atoms with Gasteiger partial charge in [-0.05, 0) is 50.2 Å². The predicted octanol–water partition coefficient (Wildman–Crippen LogP) is 4.14. The van der Waals surface area contributed by atoms with Crippen molar-refractivity contribution in [2.24, 2.45) is 5.41 Å². The Bertz CT molecular complexity index is 1040. The lowest BCUT2D eigenvalue weighted by Crippen LogP contribution is -2.40. The van der Waals surface area contributed by atoms with Crippen molar-refractivity contribution in [1.29, 1.82) is 0 Å². The number of aryl methyl sites for hydroxylation is 1. The van der Waals surface area contributed by atoms with Crippen molar-refractivity contribution in [3.05, 3.63) is 58.9 Å². The molecule has 0 spiro atoms. The fraction of sp³-hybridized carbons (Fsp3) is 0.429. The molecule has 2 aromatic rings. The van der Waals surface area contributed by atoms with Crippen LogP contribution in [0.25, 0.3) is 0 Å². The number of hydrogen-bond donors (Lipinski definition) is 2. The van der Waals surface area contributed by atoms with E-state index in [0.29, 0.717) is 31.6 Å². The number of pyridine rings is 1. The van der Waals surface area contributed by atoms with E-state index in [1.54, 1.807) is 12.3 Å². The van der Waals surface area contributed by atoms with E-state index in [0.717, 1.165) is 11.3 Å². The van der Waals surface area contributed by atoms with Gasteiger partial charge in [-0.3, -0.25) is 20.6 Å². The number of likely N-dealkylation sites (tertiary alicyclic amines) is 1. The predicted molar refractivity (Wildman–Crippen MR) is 103 cm³/mol. The number of amides is 1. The minimum Gasteiger partial charge on any atom is -0.304 e. The molecule has 1 saturated carbocycles. The van der Waals surface area contributed by atoms with Gasteiger partial charge in [0.2, 0.25) is 5.91 Å². The topological polar surface area (TPSA) is 57.3 Å². The molecule has 1 aromatic carbocycles. The van der Waals surface area contributed by atoms with Crippen molar-refractivity contribution in [2.75, 3.05) is 25.6 Å². The number of rotatable bonds is 4. The highest BCUT2D eigenvalue weighted by molar-refractivity contribution is 5.91. The number of carbonyl (C=O) groups is 1. The van der Waals surface area contributed by atoms with E-state index in [2.05, 4.69) is 15.8 Å². The van der Waals surface area contributed by atoms with E-state index in [9.17, 15) is 31.1 Å². The summed E-state index contributed by atoms with van der Waals surface area (Å²) >= 11 is 0. The molecule has 5 nitrogen and oxygen atoms in total. The summed E-state index contributed by atoms with van der Waals surface area (Å²) in [5, 5.41) is 0. The fourth-order valence-corrected chi connectivity index (χ4v) is 4.88. The Balaban J connectivity index is 1.59. The summed E-state index contributed by atoms with van der Waals surface area (Å²) in [6.45, 7) is 2.85. The van der Waals surface area contributed by atoms with Gasteiger partial charge in [0.1, 0.15) is 0 Å². The first-order valence-corrected chi connectivity index (χ1v) is 9.75. The largest absolute Gasteiger partial charge is 0.416 e. The van der Waals surface area contributed by atoms with Crippen LogP contribution >= 0.6 is 0 Å². The lowest BCUT2D eigenvalue weighted by molar-refractivity contribution is -0.143. The first kappa shape index (κ1) is 22.4. The van der Waals surface area contributed by atoms with Crippen LogP contribution in [0.2, 0.25) is 0 Å². The molecule has 0 unspecified atom stereocenters. The number of benzene rings is 1. The SMILES string of the molecule is Cc1cccnc1[C@@]12CN(C)C[C@]1(C(=O)NNc1cc(C(F)(F)F)cc(C(F)(F)F)c1)C2. The number of piperidine rings is 1. The molecular formula is C21H20F6N4O. The maximum atomic E-state index is 13.1. The highest BCUT2D eigenvalue weighted by Gasteiger charge is 2.77. The first-order valence-electron chi connectivity index (χ1n) is 9.75. The van der Waals surface area contributed by atoms with Gasteiger partial charge < -0.3 is 4.90 Å². The Labute approximate surface area is 179 Å². The van der Waals surface area contributed by atoms with Crippen LogP contribution in [0.1, 0.15) is 28.8 Å². The fourth-order valence-electron chi connectivity index (χ4n) is 4.88. The third kappa shape index (κ3) is 3.58. The van der Waals surface area contributed by atoms with Crippen LogP contribution in [0.3, 0.4) is 0 Å². The van der Waals surface area contributed by atoms with E-state index in [4.69, 9.17) is 0 Å². The average Bonchev–Trinajstić information content (AvgIpc) is 3.22. The minimum atomic E-state index is -4.98. The number of aromatic nitrogens is 1. The Morgan fingerprint density at radius 1 is 1.06 bits per heavy atom. The molecule has 2 N–H and O–H groups in total. The number of hydrazine groups is 1. The number of anilines is 1. The van der Waals surface area contributed by atoms with Crippen molar-refractivity contribution >= 4 is 11.6 Å². The molecule has 1 aliphatic heterocycles. The molecule has 4 rings (SSSR count). The molecule has 1 amide bonds. The Morgan fingerprint density at radius 2 is 1.69 bits per heavy atom. The first-order chi connectivity index (χ1) is 14.8. The van der Waals surface area contributed by atoms with Gasteiger partial charge in [-0.1, -0.05) is 6.07 Å². The van der Waals surface area contributed by atoms with E-state index < -0.39 is 45.9 Å². The molecule has 32 heavy (non-hydrogen) atoms. The minimum absolute atomic E-state index is 0.0351. The summed E-state index contributed by atoms with van der Waals surface area (Å²) in [4.78, 5) is 19.5. The highest BCUT2D eigenvalue weighted by Crippen LogP contribution is 2.68. The molecule has 1 saturated heterocycles. The van der Waals surface area contributed by atoms with Crippen molar-refractivity contribution in [3.63, 3.8) is 0 Å². The van der Waals surface area contributed by atoms with E-state index in [1.807, 2.05) is 24.9 Å². The molecule has 0 radical (unpaired) electrons. The van der Waals surface area contributed by atoms with Gasteiger partial charge >= 0.3 is 12.4 Å². The second kappa shape index (κ2) is 7.09. The molecular weight excluding hydrogens is 438 g/mol. The van der Waals surface area contributed by atoms with Crippen molar-refractivity contribution in [3.8, 4) is 0 Å². The zero-order valence-corrected chi connectivity index (χ0v) is 17.2. The Hall–Kier alpha value is -2.82. The van der Waals surface area contributed by atoms with E-state index in [1.165, 1.54) is 0 Å². The van der Waals surface area contributed by atoms with Gasteiger partial charge in [0.25, 0.3) is 0 Å². The summed E-state index contributed by atoms with van der Waals surface area (Å²) in [5.74, 6) is -0.502. The highest BCUT2D eigenvalue weighted by atomic mass is 19.4. The molecule has 2 atom stereocenters. The molecule has 2 heterocycles. The second-order valence-electron chi connectivity index (χ2n) is 8.56. The van der Waals surface area contributed by atoms with Crippen LogP contribution in [0.4, 0.5) is 32.0 Å². The van der Waals surface area contributed by atoms with Crippen LogP contribution in [0, 0.1) is 12.3 Å². The smallest absolute Gasteiger partial charge is 0.304 e. The lowest BCUT2D eigenvalue weighted by atomic mass is 9.89. The molecule has 1 aromatic heterocycles. The molecule has 172 valence electrons. The summed E-state index contributed by atoms with van der Waals surface area (Å²) in [6.07, 6.45) is -7.82. The molecule has 0 bridgehead atoms. The Morgan fingerprint density at radius 3 is 2.25 bits per heavy atom. The third-order valence-corrected chi connectivity index (χ3v) is 6.28. The van der Waals surface area contributed by atoms with Gasteiger partial charge in [0.05, 0.1) is 27.9 Å². The van der Waals surface area contributed by atoms with Crippen LogP contribution in [-0.2, 0) is 22.6 Å². The van der Waals surface area contributed by atoms with Crippen LogP contribution in [-0.4, -0.2) is 35.9 Å². The van der Waals surface area contributed by atoms with Crippen LogP contribution in [0.5, 0.6) is 0 Å². The van der Waals surface area contributed by atoms with Gasteiger partial charge in [0, 0.05) is 24.7 Å². The van der Waals surface area contributed by atoms with Gasteiger partial charge in [-0.2, -0.15) is 26.3 Å². The summed E-state index contributed by atoms with van der Waals surface area (Å²) in [5.41, 5.74) is 1.42. The van der Waals surface area contributed by atoms with Crippen LogP contribution in [0.15, 0.2) is 36.5 Å². The maximum Gasteiger partial charge on any atom is 0.416 e. The molecule has 11 heteroatoms. The normalized spacial score (nSPS) is 25.4. The van der Waals surface area contributed by atoms with E-state index >= 15 is 0 Å². The van der Waals surface area contributed by atoms with Crippen molar-refractivity contribution in [2.45, 2.75) is 31.1 Å². The molecule has 1 aliphatic carbocycles. The van der Waals surface area contributed by atoms with Gasteiger partial charge in [-0.25, -0.2) is 0 Å². The number of hydrogen-bond acceptors (Lipinski definition) is 4. The second-order valence-corrected chi connectivity index (χ2v) is 8.56. The average molecular weight is 458 g/mol.